The van der Waals surface area contributed by atoms with Gasteiger partial charge < -0.3 is 10.4 Å². The molecule has 56 valence electrons. The van der Waals surface area contributed by atoms with Gasteiger partial charge >= 0.3 is 0 Å². The summed E-state index contributed by atoms with van der Waals surface area (Å²) in [5.74, 6) is 1.08. The number of hydrogen-bond acceptors (Lipinski definition) is 3. The predicted octanol–water partition coefficient (Wildman–Crippen LogP) is 0.106. The van der Waals surface area contributed by atoms with Crippen LogP contribution in [0.2, 0.25) is 0 Å². The summed E-state index contributed by atoms with van der Waals surface area (Å²) in [5, 5.41) is 11.8. The third-order valence-corrected chi connectivity index (χ3v) is 1.43. The largest absolute Gasteiger partial charge is 0.391 e. The van der Waals surface area contributed by atoms with E-state index in [4.69, 9.17) is 16.7 Å². The number of nitrogens with one attached hydrogen (secondary N) is 1. The van der Waals surface area contributed by atoms with Gasteiger partial charge in [-0.3, -0.25) is 0 Å². The normalized spacial score (nSPS) is 13.7. The number of hydrogen-bond donors (Lipinski definition) is 3. The SMILES string of the molecule is OC(CCl)CNCCS. The van der Waals surface area contributed by atoms with Crippen LogP contribution >= 0.6 is 24.2 Å². The molecule has 0 heterocycles. The Hall–Kier alpha value is 0.560. The lowest BCUT2D eigenvalue weighted by molar-refractivity contribution is 0.195. The monoisotopic (exact) mass is 169 g/mol. The van der Waals surface area contributed by atoms with Gasteiger partial charge in [0, 0.05) is 24.7 Å². The van der Waals surface area contributed by atoms with Crippen molar-refractivity contribution in [2.24, 2.45) is 0 Å². The highest BCUT2D eigenvalue weighted by atomic mass is 35.5. The molecule has 1 atom stereocenters. The minimum atomic E-state index is -0.424. The zero-order valence-corrected chi connectivity index (χ0v) is 6.83. The first-order valence-electron chi connectivity index (χ1n) is 2.87. The van der Waals surface area contributed by atoms with E-state index in [2.05, 4.69) is 17.9 Å². The molecule has 0 rings (SSSR count). The summed E-state index contributed by atoms with van der Waals surface area (Å²) in [4.78, 5) is 0. The molecule has 0 bridgehead atoms. The highest BCUT2D eigenvalue weighted by Crippen LogP contribution is 1.83. The van der Waals surface area contributed by atoms with Crippen LogP contribution in [0.15, 0.2) is 0 Å². The summed E-state index contributed by atoms with van der Waals surface area (Å²) in [6.45, 7) is 1.38. The van der Waals surface area contributed by atoms with Crippen LogP contribution in [0.3, 0.4) is 0 Å². The molecule has 1 unspecified atom stereocenters. The molecule has 0 aliphatic rings. The number of alkyl halides is 1. The molecule has 0 aromatic rings. The van der Waals surface area contributed by atoms with Crippen LogP contribution in [0.5, 0.6) is 0 Å². The molecule has 0 fully saturated rings. The highest BCUT2D eigenvalue weighted by molar-refractivity contribution is 7.80. The summed E-state index contributed by atoms with van der Waals surface area (Å²) in [6, 6.07) is 0. The van der Waals surface area contributed by atoms with E-state index >= 15 is 0 Å². The average molecular weight is 170 g/mol. The molecule has 4 heteroatoms. The molecule has 0 aliphatic heterocycles. The second-order valence-corrected chi connectivity index (χ2v) is 2.49. The third kappa shape index (κ3) is 6.45. The second-order valence-electron chi connectivity index (χ2n) is 1.74. The standard InChI is InChI=1S/C5H12ClNOS/c6-3-5(8)4-7-1-2-9/h5,7-9H,1-4H2. The Balaban J connectivity index is 2.88. The summed E-state index contributed by atoms with van der Waals surface area (Å²) in [6.07, 6.45) is -0.424. The van der Waals surface area contributed by atoms with Crippen molar-refractivity contribution in [1.29, 1.82) is 0 Å². The van der Waals surface area contributed by atoms with Crippen LogP contribution in [0.4, 0.5) is 0 Å². The van der Waals surface area contributed by atoms with Crippen molar-refractivity contribution in [2.75, 3.05) is 24.7 Å². The molecule has 0 spiro atoms. The van der Waals surface area contributed by atoms with Crippen LogP contribution in [0.1, 0.15) is 0 Å². The van der Waals surface area contributed by atoms with Gasteiger partial charge in [-0.2, -0.15) is 12.6 Å². The molecule has 2 nitrogen and oxygen atoms in total. The van der Waals surface area contributed by atoms with E-state index in [-0.39, 0.29) is 0 Å². The number of aliphatic hydroxyl groups excluding tert-OH is 1. The molecule has 0 aliphatic carbocycles. The van der Waals surface area contributed by atoms with E-state index in [0.717, 1.165) is 12.3 Å². The van der Waals surface area contributed by atoms with E-state index < -0.39 is 6.10 Å². The minimum Gasteiger partial charge on any atom is -0.391 e. The van der Waals surface area contributed by atoms with E-state index in [0.29, 0.717) is 12.4 Å². The van der Waals surface area contributed by atoms with Gasteiger partial charge in [0.15, 0.2) is 0 Å². The van der Waals surface area contributed by atoms with Gasteiger partial charge in [0.2, 0.25) is 0 Å². The van der Waals surface area contributed by atoms with Crippen LogP contribution in [-0.2, 0) is 0 Å². The number of thiol groups is 1. The summed E-state index contributed by atoms with van der Waals surface area (Å²) in [7, 11) is 0. The van der Waals surface area contributed by atoms with Crippen molar-refractivity contribution in [1.82, 2.24) is 5.32 Å². The Morgan fingerprint density at radius 3 is 2.78 bits per heavy atom. The topological polar surface area (TPSA) is 32.3 Å². The van der Waals surface area contributed by atoms with E-state index in [9.17, 15) is 0 Å². The molecule has 0 radical (unpaired) electrons. The Kier molecular flexibility index (Phi) is 7.09. The smallest absolute Gasteiger partial charge is 0.0799 e. The zero-order valence-electron chi connectivity index (χ0n) is 5.18. The molecule has 0 amide bonds. The quantitative estimate of drug-likeness (QED) is 0.310. The second kappa shape index (κ2) is 6.68. The van der Waals surface area contributed by atoms with Crippen LogP contribution < -0.4 is 5.32 Å². The molecule has 2 N–H and O–H groups in total. The van der Waals surface area contributed by atoms with Gasteiger partial charge in [-0.15, -0.1) is 11.6 Å². The van der Waals surface area contributed by atoms with E-state index in [1.165, 1.54) is 0 Å². The van der Waals surface area contributed by atoms with Crippen LogP contribution in [0, 0.1) is 0 Å². The van der Waals surface area contributed by atoms with Crippen molar-refractivity contribution in [3.63, 3.8) is 0 Å². The van der Waals surface area contributed by atoms with Crippen molar-refractivity contribution in [3.05, 3.63) is 0 Å². The van der Waals surface area contributed by atoms with Crippen molar-refractivity contribution in [3.8, 4) is 0 Å². The van der Waals surface area contributed by atoms with Crippen LogP contribution in [-0.4, -0.2) is 35.9 Å². The Morgan fingerprint density at radius 1 is 1.67 bits per heavy atom. The first-order chi connectivity index (χ1) is 4.31. The lowest BCUT2D eigenvalue weighted by atomic mass is 10.4. The van der Waals surface area contributed by atoms with E-state index in [1.54, 1.807) is 0 Å². The fourth-order valence-corrected chi connectivity index (χ4v) is 0.670. The maximum Gasteiger partial charge on any atom is 0.0799 e. The Morgan fingerprint density at radius 2 is 2.33 bits per heavy atom. The minimum absolute atomic E-state index is 0.291. The average Bonchev–Trinajstić information content (AvgIpc) is 1.89. The van der Waals surface area contributed by atoms with Gasteiger partial charge in [0.1, 0.15) is 0 Å². The molecular formula is C5H12ClNOS. The van der Waals surface area contributed by atoms with Gasteiger partial charge in [0.25, 0.3) is 0 Å². The number of halogens is 1. The lowest BCUT2D eigenvalue weighted by Crippen LogP contribution is -2.29. The maximum absolute atomic E-state index is 8.87. The maximum atomic E-state index is 8.87. The fraction of sp³-hybridized carbons (Fsp3) is 1.00. The molecule has 0 saturated heterocycles. The van der Waals surface area contributed by atoms with Gasteiger partial charge in [-0.1, -0.05) is 0 Å². The number of aliphatic hydroxyl groups is 1. The molecule has 0 aromatic carbocycles. The first kappa shape index (κ1) is 9.56. The fourth-order valence-electron chi connectivity index (χ4n) is 0.402. The summed E-state index contributed by atoms with van der Waals surface area (Å²) < 4.78 is 0. The number of rotatable bonds is 5. The Bertz CT molecular complexity index is 64.9. The third-order valence-electron chi connectivity index (χ3n) is 0.847. The van der Waals surface area contributed by atoms with Crippen molar-refractivity contribution >= 4 is 24.2 Å². The summed E-state index contributed by atoms with van der Waals surface area (Å²) >= 11 is 9.30. The van der Waals surface area contributed by atoms with Crippen LogP contribution in [0.25, 0.3) is 0 Å². The van der Waals surface area contributed by atoms with E-state index in [1.807, 2.05) is 0 Å². The molecule has 0 aromatic heterocycles. The van der Waals surface area contributed by atoms with Crippen molar-refractivity contribution < 1.29 is 5.11 Å². The van der Waals surface area contributed by atoms with Gasteiger partial charge in [-0.25, -0.2) is 0 Å². The lowest BCUT2D eigenvalue weighted by Gasteiger charge is -2.05. The summed E-state index contributed by atoms with van der Waals surface area (Å²) in [5.41, 5.74) is 0. The molecule has 0 saturated carbocycles. The Labute approximate surface area is 66.0 Å². The molecule has 9 heavy (non-hydrogen) atoms. The van der Waals surface area contributed by atoms with Crippen molar-refractivity contribution in [2.45, 2.75) is 6.10 Å². The van der Waals surface area contributed by atoms with Gasteiger partial charge in [-0.05, 0) is 0 Å². The van der Waals surface area contributed by atoms with Gasteiger partial charge in [0.05, 0.1) is 6.10 Å². The molecular weight excluding hydrogens is 158 g/mol. The predicted molar refractivity (Wildman–Crippen MR) is 43.4 cm³/mol. The highest BCUT2D eigenvalue weighted by Gasteiger charge is 1.98. The first-order valence-corrected chi connectivity index (χ1v) is 4.03. The zero-order chi connectivity index (χ0) is 7.11.